The minimum Gasteiger partial charge on any atom is -0.372 e. The van der Waals surface area contributed by atoms with Crippen molar-refractivity contribution in [2.75, 3.05) is 13.1 Å². The Kier molecular flexibility index (Phi) is 5.48. The Morgan fingerprint density at radius 1 is 1.03 bits per heavy atom. The summed E-state index contributed by atoms with van der Waals surface area (Å²) in [5, 5.41) is 0. The van der Waals surface area contributed by atoms with Gasteiger partial charge in [-0.25, -0.2) is 13.2 Å². The van der Waals surface area contributed by atoms with Gasteiger partial charge < -0.3 is 4.74 Å². The molecule has 3 unspecified atom stereocenters. The zero-order valence-electron chi connectivity index (χ0n) is 18.1. The molecule has 2 nitrogen and oxygen atoms in total. The number of likely N-dealkylation sites (tertiary alicyclic amines) is 1. The molecule has 1 saturated heterocycles. The van der Waals surface area contributed by atoms with Crippen LogP contribution >= 0.6 is 0 Å². The summed E-state index contributed by atoms with van der Waals surface area (Å²) in [6.45, 7) is 10.2. The van der Waals surface area contributed by atoms with Crippen LogP contribution in [0, 0.1) is 22.9 Å². The van der Waals surface area contributed by atoms with Gasteiger partial charge in [-0.1, -0.05) is 39.0 Å². The number of rotatable bonds is 5. The first kappa shape index (κ1) is 21.4. The van der Waals surface area contributed by atoms with Crippen molar-refractivity contribution >= 4 is 0 Å². The van der Waals surface area contributed by atoms with Crippen molar-refractivity contribution in [2.45, 2.75) is 64.7 Å². The van der Waals surface area contributed by atoms with Gasteiger partial charge in [0, 0.05) is 23.6 Å². The van der Waals surface area contributed by atoms with Gasteiger partial charge in [-0.3, -0.25) is 4.90 Å². The third kappa shape index (κ3) is 3.36. The van der Waals surface area contributed by atoms with Gasteiger partial charge in [-0.15, -0.1) is 0 Å². The lowest BCUT2D eigenvalue weighted by atomic mass is 9.51. The molecule has 1 aliphatic heterocycles. The second-order valence-corrected chi connectivity index (χ2v) is 9.61. The molecule has 0 amide bonds. The van der Waals surface area contributed by atoms with Crippen molar-refractivity contribution in [3.63, 3.8) is 0 Å². The summed E-state index contributed by atoms with van der Waals surface area (Å²) < 4.78 is 48.2. The molecule has 4 rings (SSSR count). The maximum absolute atomic E-state index is 14.7. The number of fused-ring (bicyclic) bond motifs is 4. The number of nitrogens with zero attached hydrogens (tertiary/aromatic N) is 1. The maximum atomic E-state index is 14.7. The first-order chi connectivity index (χ1) is 14.1. The second-order valence-electron chi connectivity index (χ2n) is 9.61. The highest BCUT2D eigenvalue weighted by Crippen LogP contribution is 2.56. The first-order valence-corrected chi connectivity index (χ1v) is 10.7. The lowest BCUT2D eigenvalue weighted by Crippen LogP contribution is -2.64. The molecule has 2 bridgehead atoms. The fourth-order valence-electron chi connectivity index (χ4n) is 5.51. The number of hydrogen-bond donors (Lipinski definition) is 0. The fourth-order valence-corrected chi connectivity index (χ4v) is 5.51. The average molecular weight is 418 g/mol. The summed E-state index contributed by atoms with van der Waals surface area (Å²) in [5.74, 6) is -1.30. The van der Waals surface area contributed by atoms with E-state index >= 15 is 0 Å². The van der Waals surface area contributed by atoms with E-state index in [1.54, 1.807) is 6.07 Å². The van der Waals surface area contributed by atoms with Gasteiger partial charge in [-0.05, 0) is 61.1 Å². The molecule has 0 aromatic heterocycles. The van der Waals surface area contributed by atoms with Crippen LogP contribution in [0.25, 0.3) is 0 Å². The fraction of sp³-hybridized carbons (Fsp3) is 0.520. The summed E-state index contributed by atoms with van der Waals surface area (Å²) in [7, 11) is 0. The minimum absolute atomic E-state index is 0.0374. The number of piperidine rings is 1. The van der Waals surface area contributed by atoms with E-state index in [0.717, 1.165) is 24.1 Å². The monoisotopic (exact) mass is 417 g/mol. The molecule has 0 spiro atoms. The van der Waals surface area contributed by atoms with Crippen molar-refractivity contribution in [2.24, 2.45) is 5.41 Å². The van der Waals surface area contributed by atoms with Crippen LogP contribution in [0.5, 0.6) is 0 Å². The van der Waals surface area contributed by atoms with Crippen LogP contribution < -0.4 is 0 Å². The van der Waals surface area contributed by atoms with Crippen molar-refractivity contribution in [1.29, 1.82) is 0 Å². The standard InChI is InChI=1S/C25H30F3NO/c1-16(30-15-18-21(27)9-6-10-22(18)28)14-29-12-11-25(4)19-7-5-8-20(26)17(19)13-23(29)24(25,2)3/h5-10,16,23H,11-15H2,1-4H3. The molecular weight excluding hydrogens is 387 g/mol. The number of benzene rings is 2. The van der Waals surface area contributed by atoms with Gasteiger partial charge in [0.1, 0.15) is 17.5 Å². The van der Waals surface area contributed by atoms with Crippen LogP contribution in [-0.4, -0.2) is 30.1 Å². The van der Waals surface area contributed by atoms with Crippen LogP contribution in [-0.2, 0) is 23.2 Å². The molecule has 0 N–H and O–H groups in total. The Balaban J connectivity index is 1.51. The van der Waals surface area contributed by atoms with Gasteiger partial charge in [0.25, 0.3) is 0 Å². The Morgan fingerprint density at radius 2 is 1.67 bits per heavy atom. The topological polar surface area (TPSA) is 12.5 Å². The third-order valence-corrected chi connectivity index (χ3v) is 7.77. The van der Waals surface area contributed by atoms with Gasteiger partial charge in [-0.2, -0.15) is 0 Å². The number of halogens is 3. The second kappa shape index (κ2) is 7.69. The highest BCUT2D eigenvalue weighted by atomic mass is 19.1. The molecule has 5 heteroatoms. The van der Waals surface area contributed by atoms with Gasteiger partial charge in [0.05, 0.1) is 12.7 Å². The highest BCUT2D eigenvalue weighted by molar-refractivity contribution is 5.42. The highest BCUT2D eigenvalue weighted by Gasteiger charge is 2.56. The lowest BCUT2D eigenvalue weighted by molar-refractivity contribution is -0.0658. The number of ether oxygens (including phenoxy) is 1. The van der Waals surface area contributed by atoms with E-state index in [1.807, 2.05) is 13.0 Å². The Morgan fingerprint density at radius 3 is 2.37 bits per heavy atom. The maximum Gasteiger partial charge on any atom is 0.131 e. The minimum atomic E-state index is -0.587. The molecule has 2 aromatic rings. The summed E-state index contributed by atoms with van der Waals surface area (Å²) in [4.78, 5) is 2.37. The molecule has 2 aliphatic rings. The zero-order chi connectivity index (χ0) is 21.7. The van der Waals surface area contributed by atoms with Crippen molar-refractivity contribution in [3.8, 4) is 0 Å². The van der Waals surface area contributed by atoms with E-state index in [1.165, 1.54) is 18.2 Å². The summed E-state index contributed by atoms with van der Waals surface area (Å²) >= 11 is 0. The number of hydrogen-bond acceptors (Lipinski definition) is 2. The van der Waals surface area contributed by atoms with E-state index in [0.29, 0.717) is 13.0 Å². The Bertz CT molecular complexity index is 924. The van der Waals surface area contributed by atoms with Gasteiger partial charge >= 0.3 is 0 Å². The Hall–Kier alpha value is -1.85. The molecule has 0 radical (unpaired) electrons. The SMILES string of the molecule is CC(CN1CCC2(C)c3cccc(F)c3CC1C2(C)C)OCc1c(F)cccc1F. The van der Waals surface area contributed by atoms with Gasteiger partial charge in [0.2, 0.25) is 0 Å². The van der Waals surface area contributed by atoms with E-state index in [2.05, 4.69) is 31.7 Å². The summed E-state index contributed by atoms with van der Waals surface area (Å²) in [5.41, 5.74) is 1.80. The molecule has 1 heterocycles. The molecule has 3 atom stereocenters. The predicted octanol–water partition coefficient (Wildman–Crippen LogP) is 5.62. The van der Waals surface area contributed by atoms with Crippen LogP contribution in [0.1, 0.15) is 50.8 Å². The molecular formula is C25H30F3NO. The van der Waals surface area contributed by atoms with Gasteiger partial charge in [0.15, 0.2) is 0 Å². The first-order valence-electron chi connectivity index (χ1n) is 10.7. The van der Waals surface area contributed by atoms with Crippen molar-refractivity contribution in [3.05, 3.63) is 70.5 Å². The molecule has 30 heavy (non-hydrogen) atoms. The van der Waals surface area contributed by atoms with E-state index in [4.69, 9.17) is 4.74 Å². The van der Waals surface area contributed by atoms with Crippen molar-refractivity contribution < 1.29 is 17.9 Å². The van der Waals surface area contributed by atoms with E-state index < -0.39 is 11.6 Å². The quantitative estimate of drug-likeness (QED) is 0.626. The molecule has 1 aliphatic carbocycles. The van der Waals surface area contributed by atoms with Crippen LogP contribution in [0.2, 0.25) is 0 Å². The van der Waals surface area contributed by atoms with Crippen molar-refractivity contribution in [1.82, 2.24) is 4.90 Å². The average Bonchev–Trinajstić information content (AvgIpc) is 2.67. The predicted molar refractivity (Wildman–Crippen MR) is 112 cm³/mol. The van der Waals surface area contributed by atoms with Crippen LogP contribution in [0.4, 0.5) is 13.2 Å². The molecule has 1 fully saturated rings. The molecule has 162 valence electrons. The summed E-state index contributed by atoms with van der Waals surface area (Å²) in [6.07, 6.45) is 1.40. The third-order valence-electron chi connectivity index (χ3n) is 7.77. The largest absolute Gasteiger partial charge is 0.372 e. The van der Waals surface area contributed by atoms with Crippen LogP contribution in [0.3, 0.4) is 0 Å². The molecule has 0 saturated carbocycles. The summed E-state index contributed by atoms with van der Waals surface area (Å²) in [6, 6.07) is 9.47. The Labute approximate surface area is 177 Å². The van der Waals surface area contributed by atoms with E-state index in [9.17, 15) is 13.2 Å². The molecule has 2 aromatic carbocycles. The van der Waals surface area contributed by atoms with Crippen LogP contribution in [0.15, 0.2) is 36.4 Å². The lowest BCUT2D eigenvalue weighted by Gasteiger charge is -2.61. The van der Waals surface area contributed by atoms with E-state index in [-0.39, 0.29) is 41.0 Å². The smallest absolute Gasteiger partial charge is 0.131 e. The zero-order valence-corrected chi connectivity index (χ0v) is 18.1. The normalized spacial score (nSPS) is 26.3.